The number of furan rings is 1. The van der Waals surface area contributed by atoms with E-state index in [1.54, 1.807) is 0 Å². The van der Waals surface area contributed by atoms with Gasteiger partial charge >= 0.3 is 0 Å². The van der Waals surface area contributed by atoms with Gasteiger partial charge in [0.25, 0.3) is 0 Å². The Kier molecular flexibility index (Phi) is 7.25. The van der Waals surface area contributed by atoms with Gasteiger partial charge in [-0.15, -0.1) is 0 Å². The first-order valence-corrected chi connectivity index (χ1v) is 21.9. The molecule has 0 spiro atoms. The SMILES string of the molecule is c1ccc(-n2c3ccccc3c3cc(-n4c5ccccc5c5c([Si](c6ccccc6)(c6ccccc6)c6cccc7c6oc6ccccc67)cccc54)ccc32)cc1. The molecule has 3 aromatic heterocycles. The van der Waals surface area contributed by atoms with Crippen LogP contribution in [0.15, 0.2) is 223 Å². The fourth-order valence-corrected chi connectivity index (χ4v) is 15.0. The number of para-hydroxylation sites is 5. The number of rotatable bonds is 6. The first-order chi connectivity index (χ1) is 28.8. The predicted octanol–water partition coefficient (Wildman–Crippen LogP) is 11.2. The Morgan fingerprint density at radius 2 is 0.845 bits per heavy atom. The van der Waals surface area contributed by atoms with Crippen molar-refractivity contribution in [2.24, 2.45) is 0 Å². The third-order valence-corrected chi connectivity index (χ3v) is 17.1. The Labute approximate surface area is 336 Å². The second-order valence-corrected chi connectivity index (χ2v) is 18.9. The van der Waals surface area contributed by atoms with Gasteiger partial charge in [-0.3, -0.25) is 0 Å². The van der Waals surface area contributed by atoms with Crippen LogP contribution in [0.1, 0.15) is 0 Å². The van der Waals surface area contributed by atoms with Gasteiger partial charge < -0.3 is 13.6 Å². The second-order valence-electron chi connectivity index (χ2n) is 15.2. The molecule has 0 N–H and O–H groups in total. The van der Waals surface area contributed by atoms with Crippen LogP contribution in [-0.2, 0) is 0 Å². The van der Waals surface area contributed by atoms with Gasteiger partial charge in [-0.25, -0.2) is 0 Å². The maximum atomic E-state index is 6.97. The number of benzene rings is 9. The largest absolute Gasteiger partial charge is 0.456 e. The number of hydrogen-bond donors (Lipinski definition) is 0. The summed E-state index contributed by atoms with van der Waals surface area (Å²) >= 11 is 0. The van der Waals surface area contributed by atoms with Gasteiger partial charge in [0.1, 0.15) is 11.2 Å². The molecular weight excluding hydrogens is 721 g/mol. The highest BCUT2D eigenvalue weighted by Gasteiger charge is 2.45. The average molecular weight is 757 g/mol. The zero-order valence-corrected chi connectivity index (χ0v) is 32.6. The van der Waals surface area contributed by atoms with Gasteiger partial charge in [-0.2, -0.15) is 0 Å². The Bertz CT molecular complexity index is 3470. The third kappa shape index (κ3) is 4.61. The lowest BCUT2D eigenvalue weighted by Gasteiger charge is -2.35. The minimum atomic E-state index is -3.12. The van der Waals surface area contributed by atoms with E-state index >= 15 is 0 Å². The molecular formula is C54H36N2OSi. The van der Waals surface area contributed by atoms with Crippen molar-refractivity contribution in [3.05, 3.63) is 218 Å². The highest BCUT2D eigenvalue weighted by atomic mass is 28.3. The zero-order valence-electron chi connectivity index (χ0n) is 31.6. The molecule has 12 aromatic rings. The third-order valence-electron chi connectivity index (χ3n) is 12.3. The standard InChI is InChI=1S/C54H36N2OSi/c1-4-18-37(19-5-1)55-46-28-13-10-24-41(46)45-36-38(34-35-48(45)55)56-47-29-14-11-26-44(47)53-49(56)30-17-32-51(53)58(39-20-6-2-7-21-39,40-22-8-3-9-23-40)52-33-16-27-43-42-25-12-15-31-50(42)57-54(43)52/h1-36H. The average Bonchev–Trinajstić information content (AvgIpc) is 3.96. The van der Waals surface area contributed by atoms with Crippen molar-refractivity contribution in [2.75, 3.05) is 0 Å². The molecule has 0 radical (unpaired) electrons. The van der Waals surface area contributed by atoms with E-state index in [1.807, 2.05) is 0 Å². The van der Waals surface area contributed by atoms with Crippen LogP contribution in [0.2, 0.25) is 0 Å². The van der Waals surface area contributed by atoms with Gasteiger partial charge in [-0.05, 0) is 75.3 Å². The van der Waals surface area contributed by atoms with Gasteiger partial charge in [0.15, 0.2) is 8.07 Å². The summed E-state index contributed by atoms with van der Waals surface area (Å²) in [7, 11) is -3.12. The molecule has 4 heteroatoms. The first kappa shape index (κ1) is 32.8. The van der Waals surface area contributed by atoms with Crippen LogP contribution >= 0.6 is 0 Å². The molecule has 0 saturated heterocycles. The summed E-state index contributed by atoms with van der Waals surface area (Å²) in [6, 6.07) is 80.1. The molecule has 9 aromatic carbocycles. The number of fused-ring (bicyclic) bond motifs is 9. The highest BCUT2D eigenvalue weighted by molar-refractivity contribution is 7.21. The van der Waals surface area contributed by atoms with Crippen LogP contribution in [0, 0.1) is 0 Å². The minimum Gasteiger partial charge on any atom is -0.456 e. The molecule has 0 unspecified atom stereocenters. The molecule has 12 rings (SSSR count). The highest BCUT2D eigenvalue weighted by Crippen LogP contribution is 2.37. The fourth-order valence-electron chi connectivity index (χ4n) is 9.92. The lowest BCUT2D eigenvalue weighted by atomic mass is 10.1. The van der Waals surface area contributed by atoms with Crippen molar-refractivity contribution in [3.8, 4) is 11.4 Å². The molecule has 3 heterocycles. The van der Waals surface area contributed by atoms with Crippen LogP contribution < -0.4 is 20.7 Å². The summed E-state index contributed by atoms with van der Waals surface area (Å²) in [5, 5.41) is 12.5. The maximum absolute atomic E-state index is 6.97. The number of aromatic nitrogens is 2. The minimum absolute atomic E-state index is 0.910. The summed E-state index contributed by atoms with van der Waals surface area (Å²) in [6.07, 6.45) is 0. The summed E-state index contributed by atoms with van der Waals surface area (Å²) in [5.41, 5.74) is 8.93. The Morgan fingerprint density at radius 1 is 0.328 bits per heavy atom. The molecule has 0 aliphatic carbocycles. The Morgan fingerprint density at radius 3 is 1.59 bits per heavy atom. The van der Waals surface area contributed by atoms with Crippen LogP contribution in [0.3, 0.4) is 0 Å². The normalized spacial score (nSPS) is 12.1. The predicted molar refractivity (Wildman–Crippen MR) is 246 cm³/mol. The fraction of sp³-hybridized carbons (Fsp3) is 0. The first-order valence-electron chi connectivity index (χ1n) is 19.9. The van der Waals surface area contributed by atoms with Crippen LogP contribution in [0.5, 0.6) is 0 Å². The van der Waals surface area contributed by atoms with E-state index in [0.717, 1.165) is 33.3 Å². The summed E-state index contributed by atoms with van der Waals surface area (Å²) in [5.74, 6) is 0. The maximum Gasteiger partial charge on any atom is 0.184 e. The molecule has 0 aliphatic heterocycles. The van der Waals surface area contributed by atoms with Crippen molar-refractivity contribution in [2.45, 2.75) is 0 Å². The second kappa shape index (κ2) is 12.8. The quantitative estimate of drug-likeness (QED) is 0.122. The molecule has 0 bridgehead atoms. The lowest BCUT2D eigenvalue weighted by Crippen LogP contribution is -2.75. The van der Waals surface area contributed by atoms with E-state index in [-0.39, 0.29) is 0 Å². The van der Waals surface area contributed by atoms with Gasteiger partial charge in [0.2, 0.25) is 0 Å². The van der Waals surface area contributed by atoms with Crippen molar-refractivity contribution in [1.82, 2.24) is 9.13 Å². The number of nitrogens with zero attached hydrogens (tertiary/aromatic N) is 2. The summed E-state index contributed by atoms with van der Waals surface area (Å²) in [4.78, 5) is 0. The summed E-state index contributed by atoms with van der Waals surface area (Å²) < 4.78 is 11.8. The number of hydrogen-bond acceptors (Lipinski definition) is 1. The molecule has 58 heavy (non-hydrogen) atoms. The van der Waals surface area contributed by atoms with Crippen LogP contribution in [0.25, 0.3) is 76.9 Å². The summed E-state index contributed by atoms with van der Waals surface area (Å²) in [6.45, 7) is 0. The van der Waals surface area contributed by atoms with E-state index < -0.39 is 8.07 Å². The lowest BCUT2D eigenvalue weighted by molar-refractivity contribution is 0.671. The molecule has 0 amide bonds. The smallest absolute Gasteiger partial charge is 0.184 e. The molecule has 0 saturated carbocycles. The van der Waals surface area contributed by atoms with Crippen molar-refractivity contribution < 1.29 is 4.42 Å². The van der Waals surface area contributed by atoms with Crippen LogP contribution in [-0.4, -0.2) is 17.2 Å². The van der Waals surface area contributed by atoms with Crippen LogP contribution in [0.4, 0.5) is 0 Å². The molecule has 0 aliphatic rings. The van der Waals surface area contributed by atoms with Gasteiger partial charge in [0, 0.05) is 43.7 Å². The van der Waals surface area contributed by atoms with Crippen molar-refractivity contribution in [1.29, 1.82) is 0 Å². The van der Waals surface area contributed by atoms with E-state index in [4.69, 9.17) is 4.42 Å². The zero-order chi connectivity index (χ0) is 38.2. The topological polar surface area (TPSA) is 23.0 Å². The Balaban J connectivity index is 1.21. The molecule has 0 atom stereocenters. The molecule has 0 fully saturated rings. The van der Waals surface area contributed by atoms with E-state index in [1.165, 1.54) is 64.4 Å². The monoisotopic (exact) mass is 756 g/mol. The van der Waals surface area contributed by atoms with E-state index in [0.29, 0.717) is 0 Å². The van der Waals surface area contributed by atoms with Crippen molar-refractivity contribution >= 4 is 94.4 Å². The van der Waals surface area contributed by atoms with E-state index in [9.17, 15) is 0 Å². The molecule has 272 valence electrons. The van der Waals surface area contributed by atoms with E-state index in [2.05, 4.69) is 228 Å². The van der Waals surface area contributed by atoms with Crippen molar-refractivity contribution in [3.63, 3.8) is 0 Å². The van der Waals surface area contributed by atoms with Gasteiger partial charge in [-0.1, -0.05) is 164 Å². The molecule has 3 nitrogen and oxygen atoms in total. The Hall–Kier alpha value is -7.40. The van der Waals surface area contributed by atoms with Gasteiger partial charge in [0.05, 0.1) is 22.1 Å².